The first-order valence-electron chi connectivity index (χ1n) is 12.3. The molecule has 37 heavy (non-hydrogen) atoms. The predicted octanol–water partition coefficient (Wildman–Crippen LogP) is 3.04. The second-order valence-corrected chi connectivity index (χ2v) is 10.3. The Morgan fingerprint density at radius 1 is 1.16 bits per heavy atom. The summed E-state index contributed by atoms with van der Waals surface area (Å²) in [6.45, 7) is -0.0207. The Balaban J connectivity index is 1.28. The summed E-state index contributed by atoms with van der Waals surface area (Å²) in [4.78, 5) is 13.4. The molecule has 3 N–H and O–H groups in total. The van der Waals surface area contributed by atoms with Crippen LogP contribution in [0.5, 0.6) is 5.75 Å². The number of benzene rings is 1. The number of fused-ring (bicyclic) bond motifs is 1. The number of hydrogen-bond acceptors (Lipinski definition) is 11. The Kier molecular flexibility index (Phi) is 6.49. The van der Waals surface area contributed by atoms with Gasteiger partial charge in [-0.15, -0.1) is 0 Å². The molecule has 12 heteroatoms. The van der Waals surface area contributed by atoms with Crippen LogP contribution in [0.2, 0.25) is 0 Å². The summed E-state index contributed by atoms with van der Waals surface area (Å²) < 4.78 is 18.5. The number of nitrogens with zero attached hydrogens (tertiary/aromatic N) is 5. The number of nitrogens with one attached hydrogen (secondary N) is 1. The molecule has 4 aromatic rings. The number of hydrogen-bond donors (Lipinski definition) is 3. The number of imidazole rings is 1. The maximum atomic E-state index is 11.1. The molecule has 1 aliphatic carbocycles. The van der Waals surface area contributed by atoms with E-state index >= 15 is 0 Å². The Morgan fingerprint density at radius 2 is 1.97 bits per heavy atom. The zero-order chi connectivity index (χ0) is 25.4. The van der Waals surface area contributed by atoms with Gasteiger partial charge in [-0.05, 0) is 37.1 Å². The van der Waals surface area contributed by atoms with Gasteiger partial charge in [0.2, 0.25) is 0 Å². The lowest BCUT2D eigenvalue weighted by atomic mass is 10.1. The molecule has 1 aliphatic heterocycles. The highest BCUT2D eigenvalue weighted by molar-refractivity contribution is 7.99. The van der Waals surface area contributed by atoms with Gasteiger partial charge in [-0.25, -0.2) is 15.0 Å². The normalized spacial score (nSPS) is 24.2. The van der Waals surface area contributed by atoms with Crippen LogP contribution in [-0.4, -0.2) is 72.6 Å². The van der Waals surface area contributed by atoms with Crippen LogP contribution >= 0.6 is 11.8 Å². The third kappa shape index (κ3) is 4.43. The van der Waals surface area contributed by atoms with Crippen molar-refractivity contribution in [1.29, 1.82) is 0 Å². The summed E-state index contributed by atoms with van der Waals surface area (Å²) in [7, 11) is 1.62. The average molecular weight is 525 g/mol. The third-order valence-electron chi connectivity index (χ3n) is 7.06. The molecule has 6 rings (SSSR count). The van der Waals surface area contributed by atoms with Crippen LogP contribution in [0.4, 0.5) is 5.82 Å². The molecule has 2 fully saturated rings. The minimum atomic E-state index is -1.31. The van der Waals surface area contributed by atoms with Crippen molar-refractivity contribution in [1.82, 2.24) is 24.7 Å². The van der Waals surface area contributed by atoms with Crippen LogP contribution in [0.3, 0.4) is 0 Å². The molecule has 0 amide bonds. The zero-order valence-corrected chi connectivity index (χ0v) is 21.1. The fourth-order valence-corrected chi connectivity index (χ4v) is 6.02. The fraction of sp³-hybridized carbons (Fsp3) is 0.440. The van der Waals surface area contributed by atoms with Gasteiger partial charge in [0.25, 0.3) is 0 Å². The lowest BCUT2D eigenvalue weighted by Gasteiger charge is -2.32. The van der Waals surface area contributed by atoms with Crippen molar-refractivity contribution in [2.45, 2.75) is 54.8 Å². The number of aromatic nitrogens is 5. The van der Waals surface area contributed by atoms with Crippen molar-refractivity contribution in [3.63, 3.8) is 0 Å². The monoisotopic (exact) mass is 524 g/mol. The summed E-state index contributed by atoms with van der Waals surface area (Å²) in [6, 6.07) is 9.71. The molecule has 1 saturated carbocycles. The van der Waals surface area contributed by atoms with Crippen LogP contribution in [0.25, 0.3) is 22.4 Å². The van der Waals surface area contributed by atoms with Crippen molar-refractivity contribution in [3.8, 4) is 17.0 Å². The number of methoxy groups -OCH3 is 1. The highest BCUT2D eigenvalue weighted by atomic mass is 32.2. The molecule has 0 unspecified atom stereocenters. The second-order valence-electron chi connectivity index (χ2n) is 9.35. The van der Waals surface area contributed by atoms with Gasteiger partial charge in [-0.3, -0.25) is 4.57 Å². The van der Waals surface area contributed by atoms with E-state index in [0.717, 1.165) is 24.2 Å². The molecule has 1 saturated heterocycles. The van der Waals surface area contributed by atoms with Crippen LogP contribution in [0.1, 0.15) is 25.7 Å². The number of ether oxygens (including phenoxy) is 2. The lowest BCUT2D eigenvalue weighted by molar-refractivity contribution is -0.103. The molecular weight excluding hydrogens is 496 g/mol. The first-order chi connectivity index (χ1) is 18.1. The van der Waals surface area contributed by atoms with E-state index in [-0.39, 0.29) is 12.4 Å². The minimum absolute atomic E-state index is 0.0207. The zero-order valence-electron chi connectivity index (χ0n) is 20.3. The summed E-state index contributed by atoms with van der Waals surface area (Å²) >= 11 is 1.33. The number of anilines is 1. The molecule has 3 atom stereocenters. The Morgan fingerprint density at radius 3 is 2.70 bits per heavy atom. The van der Waals surface area contributed by atoms with E-state index in [0.29, 0.717) is 33.8 Å². The summed E-state index contributed by atoms with van der Waals surface area (Å²) in [5.74, 6) is 1.64. The van der Waals surface area contributed by atoms with Crippen LogP contribution in [0, 0.1) is 0 Å². The van der Waals surface area contributed by atoms with Gasteiger partial charge >= 0.3 is 0 Å². The smallest absolute Gasteiger partial charge is 0.193 e. The molecule has 0 spiro atoms. The van der Waals surface area contributed by atoms with Crippen LogP contribution < -0.4 is 10.1 Å². The van der Waals surface area contributed by atoms with Gasteiger partial charge in [0.05, 0.1) is 25.8 Å². The van der Waals surface area contributed by atoms with E-state index in [1.54, 1.807) is 18.0 Å². The van der Waals surface area contributed by atoms with Gasteiger partial charge < -0.3 is 29.5 Å². The number of aliphatic hydroxyl groups is 2. The maximum Gasteiger partial charge on any atom is 0.193 e. The third-order valence-corrected chi connectivity index (χ3v) is 8.10. The van der Waals surface area contributed by atoms with Gasteiger partial charge in [-0.1, -0.05) is 29.8 Å². The van der Waals surface area contributed by atoms with Crippen molar-refractivity contribution >= 4 is 28.7 Å². The predicted molar refractivity (Wildman–Crippen MR) is 136 cm³/mol. The topological polar surface area (TPSA) is 141 Å². The molecule has 11 nitrogen and oxygen atoms in total. The summed E-state index contributed by atoms with van der Waals surface area (Å²) in [5, 5.41) is 29.7. The quantitative estimate of drug-likeness (QED) is 0.293. The maximum absolute atomic E-state index is 11.1. The molecule has 3 aromatic heterocycles. The van der Waals surface area contributed by atoms with Crippen molar-refractivity contribution < 1.29 is 24.2 Å². The number of thioether (sulfide) groups is 1. The molecule has 4 heterocycles. The van der Waals surface area contributed by atoms with E-state index in [9.17, 15) is 10.2 Å². The van der Waals surface area contributed by atoms with E-state index in [2.05, 4.69) is 25.4 Å². The van der Waals surface area contributed by atoms with Crippen LogP contribution in [0.15, 0.2) is 52.6 Å². The van der Waals surface area contributed by atoms with Gasteiger partial charge in [-0.2, -0.15) is 0 Å². The Labute approximate surface area is 217 Å². The lowest BCUT2D eigenvalue weighted by Crippen LogP contribution is -2.47. The van der Waals surface area contributed by atoms with Crippen molar-refractivity contribution in [2.24, 2.45) is 0 Å². The standard InChI is InChI=1S/C25H28N6O5S/c1-34-17-8-6-15(7-9-17)18-10-20(36-30-18)37-12-25(22(33)19(32)11-35-25)31-14-28-21-23(26-13-27-24(21)31)29-16-4-2-3-5-16/h6-10,13-14,16,19,22,32-33H,2-5,11-12H2,1H3,(H,26,27,29)/t19-,22+,25-/m0/s1. The minimum Gasteiger partial charge on any atom is -0.497 e. The highest BCUT2D eigenvalue weighted by Gasteiger charge is 2.51. The molecule has 194 valence electrons. The second kappa shape index (κ2) is 9.93. The van der Waals surface area contributed by atoms with E-state index in [1.807, 2.05) is 30.3 Å². The molecule has 2 aliphatic rings. The van der Waals surface area contributed by atoms with Gasteiger partial charge in [0, 0.05) is 17.7 Å². The number of aliphatic hydroxyl groups excluding tert-OH is 2. The first-order valence-corrected chi connectivity index (χ1v) is 13.2. The average Bonchev–Trinajstić information content (AvgIpc) is 3.73. The van der Waals surface area contributed by atoms with Crippen molar-refractivity contribution in [2.75, 3.05) is 24.8 Å². The number of rotatable bonds is 8. The van der Waals surface area contributed by atoms with E-state index in [1.165, 1.54) is 30.9 Å². The Hall–Kier alpha value is -3.19. The largest absolute Gasteiger partial charge is 0.497 e. The molecular formula is C25H28N6O5S. The van der Waals surface area contributed by atoms with Gasteiger partial charge in [0.1, 0.15) is 30.0 Å². The molecule has 1 aromatic carbocycles. The van der Waals surface area contributed by atoms with Gasteiger partial charge in [0.15, 0.2) is 27.8 Å². The SMILES string of the molecule is COc1ccc(-c2cc(SC[C@]3(n4cnc5c(NC6CCCC6)ncnc54)OC[C@H](O)[C@H]3O)on2)cc1. The van der Waals surface area contributed by atoms with E-state index in [4.69, 9.17) is 14.0 Å². The fourth-order valence-electron chi connectivity index (χ4n) is 5.00. The first kappa shape index (κ1) is 24.2. The summed E-state index contributed by atoms with van der Waals surface area (Å²) in [6.07, 6.45) is 5.38. The molecule has 0 radical (unpaired) electrons. The highest BCUT2D eigenvalue weighted by Crippen LogP contribution is 2.40. The van der Waals surface area contributed by atoms with E-state index < -0.39 is 17.9 Å². The molecule has 0 bridgehead atoms. The summed E-state index contributed by atoms with van der Waals surface area (Å²) in [5.41, 5.74) is 1.36. The Bertz CT molecular complexity index is 1370. The van der Waals surface area contributed by atoms with Crippen LogP contribution in [-0.2, 0) is 10.5 Å². The van der Waals surface area contributed by atoms with Crippen molar-refractivity contribution in [3.05, 3.63) is 43.0 Å².